The van der Waals surface area contributed by atoms with Crippen molar-refractivity contribution in [2.24, 2.45) is 0 Å². The third-order valence-electron chi connectivity index (χ3n) is 1.45. The first-order valence-corrected chi connectivity index (χ1v) is 3.89. The lowest BCUT2D eigenvalue weighted by Crippen LogP contribution is -2.34. The molecule has 0 rings (SSSR count). The summed E-state index contributed by atoms with van der Waals surface area (Å²) in [5.74, 6) is 0.0800. The zero-order chi connectivity index (χ0) is 8.85. The minimum atomic E-state index is 0.0358. The van der Waals surface area contributed by atoms with E-state index in [1.165, 1.54) is 6.92 Å². The molecule has 0 heterocycles. The molecule has 0 N–H and O–H groups in total. The summed E-state index contributed by atoms with van der Waals surface area (Å²) in [7, 11) is 1.80. The highest BCUT2D eigenvalue weighted by atomic mass is 16.2. The third-order valence-corrected chi connectivity index (χ3v) is 1.45. The predicted octanol–water partition coefficient (Wildman–Crippen LogP) is -0.525. The second-order valence-corrected chi connectivity index (χ2v) is 2.46. The predicted molar refractivity (Wildman–Crippen MR) is 46.3 cm³/mol. The highest BCUT2D eigenvalue weighted by Crippen LogP contribution is 1.92. The molecular weight excluding hydrogens is 141 g/mol. The Morgan fingerprint density at radius 1 is 1.45 bits per heavy atom. The van der Waals surface area contributed by atoms with E-state index in [9.17, 15) is 9.59 Å². The Kier molecular flexibility index (Phi) is 4.58. The number of nitrogens with zero attached hydrogens (tertiary/aromatic N) is 1. The fraction of sp³-hybridized carbons (Fsp3) is 0.714. The first kappa shape index (κ1) is 10.2. The number of ketones is 1. The minimum Gasteiger partial charge on any atom is -0.336 e. The number of carbonyl (C=O) groups excluding carboxylic acids is 2. The van der Waals surface area contributed by atoms with Crippen LogP contribution in [0.15, 0.2) is 0 Å². The molecule has 0 radical (unpaired) electrons. The van der Waals surface area contributed by atoms with E-state index in [1.807, 2.05) is 6.92 Å². The van der Waals surface area contributed by atoms with Gasteiger partial charge in [-0.2, -0.15) is 0 Å². The van der Waals surface area contributed by atoms with Gasteiger partial charge in [-0.1, -0.05) is 0 Å². The summed E-state index contributed by atoms with van der Waals surface area (Å²) in [6, 6.07) is 0. The van der Waals surface area contributed by atoms with E-state index in [4.69, 9.17) is 0 Å². The van der Waals surface area contributed by atoms with Crippen molar-refractivity contribution in [3.63, 3.8) is 0 Å². The Labute approximate surface area is 68.2 Å². The average molecular weight is 155 g/mol. The SMILES string of the molecule is BCC(=O)N(CC)CC(C)=O. The molecule has 0 aliphatic heterocycles. The Balaban J connectivity index is 3.94. The number of rotatable bonds is 4. The summed E-state index contributed by atoms with van der Waals surface area (Å²) in [4.78, 5) is 23.2. The van der Waals surface area contributed by atoms with Gasteiger partial charge in [-0.25, -0.2) is 0 Å². The Bertz CT molecular complexity index is 159. The van der Waals surface area contributed by atoms with Crippen LogP contribution < -0.4 is 0 Å². The molecule has 0 bridgehead atoms. The second kappa shape index (κ2) is 4.94. The fourth-order valence-electron chi connectivity index (χ4n) is 0.869. The summed E-state index contributed by atoms with van der Waals surface area (Å²) in [5, 5.41) is 0. The van der Waals surface area contributed by atoms with E-state index in [0.717, 1.165) is 0 Å². The number of carbonyl (C=O) groups is 2. The lowest BCUT2D eigenvalue weighted by molar-refractivity contribution is -0.132. The van der Waals surface area contributed by atoms with Crippen LogP contribution in [0.3, 0.4) is 0 Å². The molecule has 0 aromatic heterocycles. The van der Waals surface area contributed by atoms with Crippen molar-refractivity contribution in [3.05, 3.63) is 0 Å². The van der Waals surface area contributed by atoms with Crippen molar-refractivity contribution in [2.45, 2.75) is 20.2 Å². The minimum absolute atomic E-state index is 0.0358. The second-order valence-electron chi connectivity index (χ2n) is 2.46. The fourth-order valence-corrected chi connectivity index (χ4v) is 0.869. The van der Waals surface area contributed by atoms with E-state index in [-0.39, 0.29) is 18.2 Å². The van der Waals surface area contributed by atoms with E-state index in [1.54, 1.807) is 12.7 Å². The summed E-state index contributed by atoms with van der Waals surface area (Å²) >= 11 is 0. The van der Waals surface area contributed by atoms with Crippen LogP contribution in [-0.4, -0.2) is 37.5 Å². The molecule has 62 valence electrons. The van der Waals surface area contributed by atoms with Gasteiger partial charge >= 0.3 is 0 Å². The molecule has 0 aromatic carbocycles. The zero-order valence-corrected chi connectivity index (χ0v) is 7.39. The van der Waals surface area contributed by atoms with Gasteiger partial charge in [0.15, 0.2) is 0 Å². The van der Waals surface area contributed by atoms with Crippen molar-refractivity contribution in [1.29, 1.82) is 0 Å². The van der Waals surface area contributed by atoms with Gasteiger partial charge in [0.2, 0.25) is 5.91 Å². The molecule has 0 saturated heterocycles. The Morgan fingerprint density at radius 3 is 2.27 bits per heavy atom. The van der Waals surface area contributed by atoms with Crippen LogP contribution in [0.5, 0.6) is 0 Å². The van der Waals surface area contributed by atoms with Gasteiger partial charge in [-0.3, -0.25) is 9.59 Å². The lowest BCUT2D eigenvalue weighted by atomic mass is 10.0. The summed E-state index contributed by atoms with van der Waals surface area (Å²) in [6.07, 6.45) is 0.473. The maximum Gasteiger partial charge on any atom is 0.215 e. The molecule has 0 saturated carbocycles. The van der Waals surface area contributed by atoms with Gasteiger partial charge in [0.25, 0.3) is 0 Å². The highest BCUT2D eigenvalue weighted by Gasteiger charge is 2.09. The topological polar surface area (TPSA) is 37.4 Å². The molecule has 0 atom stereocenters. The van der Waals surface area contributed by atoms with Gasteiger partial charge in [0.05, 0.1) is 6.54 Å². The number of hydrogen-bond acceptors (Lipinski definition) is 2. The van der Waals surface area contributed by atoms with Gasteiger partial charge in [-0.05, 0) is 20.2 Å². The summed E-state index contributed by atoms with van der Waals surface area (Å²) in [5.41, 5.74) is 0. The smallest absolute Gasteiger partial charge is 0.215 e. The molecule has 3 nitrogen and oxygen atoms in total. The molecule has 1 amide bonds. The number of Topliss-reactive ketones (excluding diaryl/α,β-unsaturated/α-hetero) is 1. The highest BCUT2D eigenvalue weighted by molar-refractivity contribution is 6.19. The van der Waals surface area contributed by atoms with Crippen molar-refractivity contribution >= 4 is 19.5 Å². The van der Waals surface area contributed by atoms with Crippen LogP contribution in [0.25, 0.3) is 0 Å². The number of likely N-dealkylation sites (N-methyl/N-ethyl adjacent to an activating group) is 1. The number of hydrogen-bond donors (Lipinski definition) is 0. The standard InChI is InChI=1S/C7H14BNO2/c1-3-9(5-6(2)10)7(11)4-8/h3-5,8H2,1-2H3. The normalized spacial score (nSPS) is 9.27. The van der Waals surface area contributed by atoms with Crippen LogP contribution >= 0.6 is 0 Å². The van der Waals surface area contributed by atoms with E-state index >= 15 is 0 Å². The maximum atomic E-state index is 11.1. The first-order chi connectivity index (χ1) is 5.11. The summed E-state index contributed by atoms with van der Waals surface area (Å²) in [6.45, 7) is 4.23. The van der Waals surface area contributed by atoms with Crippen LogP contribution in [0.1, 0.15) is 13.8 Å². The number of amides is 1. The van der Waals surface area contributed by atoms with Gasteiger partial charge in [0, 0.05) is 6.54 Å². The van der Waals surface area contributed by atoms with Gasteiger partial charge < -0.3 is 4.90 Å². The summed E-state index contributed by atoms with van der Waals surface area (Å²) < 4.78 is 0. The van der Waals surface area contributed by atoms with E-state index in [2.05, 4.69) is 0 Å². The monoisotopic (exact) mass is 155 g/mol. The van der Waals surface area contributed by atoms with Crippen molar-refractivity contribution in [1.82, 2.24) is 4.90 Å². The molecule has 11 heavy (non-hydrogen) atoms. The molecule has 0 aliphatic carbocycles. The molecule has 0 aliphatic rings. The van der Waals surface area contributed by atoms with Crippen LogP contribution in [0.4, 0.5) is 0 Å². The Hall–Kier alpha value is -0.795. The van der Waals surface area contributed by atoms with Crippen molar-refractivity contribution < 1.29 is 9.59 Å². The van der Waals surface area contributed by atoms with Crippen LogP contribution in [0.2, 0.25) is 6.32 Å². The quantitative estimate of drug-likeness (QED) is 0.512. The van der Waals surface area contributed by atoms with E-state index in [0.29, 0.717) is 12.9 Å². The third kappa shape index (κ3) is 3.81. The van der Waals surface area contributed by atoms with Crippen LogP contribution in [0, 0.1) is 0 Å². The molecular formula is C7H14BNO2. The first-order valence-electron chi connectivity index (χ1n) is 3.89. The zero-order valence-electron chi connectivity index (χ0n) is 7.39. The molecule has 0 aromatic rings. The van der Waals surface area contributed by atoms with Crippen molar-refractivity contribution in [2.75, 3.05) is 13.1 Å². The maximum absolute atomic E-state index is 11.1. The Morgan fingerprint density at radius 2 is 2.00 bits per heavy atom. The van der Waals surface area contributed by atoms with E-state index < -0.39 is 0 Å². The lowest BCUT2D eigenvalue weighted by Gasteiger charge is -2.17. The molecule has 0 spiro atoms. The average Bonchev–Trinajstić information content (AvgIpc) is 1.98. The molecule has 4 heteroatoms. The van der Waals surface area contributed by atoms with Crippen molar-refractivity contribution in [3.8, 4) is 0 Å². The molecule has 0 fully saturated rings. The van der Waals surface area contributed by atoms with Crippen LogP contribution in [-0.2, 0) is 9.59 Å². The molecule has 0 unspecified atom stereocenters. The van der Waals surface area contributed by atoms with Gasteiger partial charge in [-0.15, -0.1) is 0 Å². The van der Waals surface area contributed by atoms with Gasteiger partial charge in [0.1, 0.15) is 13.6 Å². The largest absolute Gasteiger partial charge is 0.336 e.